The van der Waals surface area contributed by atoms with Gasteiger partial charge in [0, 0.05) is 26.1 Å². The number of carbonyl (C=O) groups is 1. The number of rotatable bonds is 7. The molecule has 0 bridgehead atoms. The summed E-state index contributed by atoms with van der Waals surface area (Å²) in [5, 5.41) is 0.755. The van der Waals surface area contributed by atoms with E-state index in [1.807, 2.05) is 26.8 Å². The minimum atomic E-state index is -3.52. The summed E-state index contributed by atoms with van der Waals surface area (Å²) >= 11 is 1.52. The smallest absolute Gasteiger partial charge is 0.243 e. The highest BCUT2D eigenvalue weighted by Gasteiger charge is 2.27. The number of carbonyl (C=O) groups excluding carboxylic acids is 1. The Kier molecular flexibility index (Phi) is 6.28. The van der Waals surface area contributed by atoms with Gasteiger partial charge in [0.15, 0.2) is 5.16 Å². The van der Waals surface area contributed by atoms with Gasteiger partial charge >= 0.3 is 0 Å². The van der Waals surface area contributed by atoms with Gasteiger partial charge in [-0.2, -0.15) is 4.31 Å². The van der Waals surface area contributed by atoms with Crippen molar-refractivity contribution in [3.63, 3.8) is 0 Å². The van der Waals surface area contributed by atoms with Gasteiger partial charge < -0.3 is 4.57 Å². The Balaban J connectivity index is 1.99. The number of aryl methyl sites for hydroxylation is 1. The number of benzene rings is 1. The van der Waals surface area contributed by atoms with Crippen LogP contribution in [0, 0.1) is 0 Å². The van der Waals surface area contributed by atoms with Crippen molar-refractivity contribution in [1.29, 1.82) is 0 Å². The van der Waals surface area contributed by atoms with E-state index in [-0.39, 0.29) is 10.1 Å². The molecule has 0 unspecified atom stereocenters. The number of hydrogen-bond acceptors (Lipinski definition) is 5. The van der Waals surface area contributed by atoms with Crippen LogP contribution in [0.2, 0.25) is 0 Å². The molecular weight excluding hydrogens is 382 g/mol. The lowest BCUT2D eigenvalue weighted by Gasteiger charge is -2.19. The largest absolute Gasteiger partial charge is 0.319 e. The molecule has 0 amide bonds. The molecule has 1 aliphatic carbocycles. The number of thioether (sulfide) groups is 1. The molecular formula is C19H27N3O3S2. The quantitative estimate of drug-likeness (QED) is 0.697. The molecule has 0 saturated heterocycles. The van der Waals surface area contributed by atoms with Gasteiger partial charge in [-0.3, -0.25) is 4.79 Å². The molecule has 1 heterocycles. The van der Waals surface area contributed by atoms with E-state index in [9.17, 15) is 13.2 Å². The molecule has 1 aromatic carbocycles. The second kappa shape index (κ2) is 8.32. The van der Waals surface area contributed by atoms with E-state index in [1.165, 1.54) is 16.1 Å². The highest BCUT2D eigenvalue weighted by Crippen LogP contribution is 2.34. The molecule has 1 atom stereocenters. The summed E-state index contributed by atoms with van der Waals surface area (Å²) in [6, 6.07) is 5.14. The molecule has 1 saturated carbocycles. The summed E-state index contributed by atoms with van der Waals surface area (Å²) in [6.07, 6.45) is 3.59. The van der Waals surface area contributed by atoms with Crippen molar-refractivity contribution in [2.75, 3.05) is 13.1 Å². The van der Waals surface area contributed by atoms with Crippen molar-refractivity contribution >= 4 is 38.6 Å². The van der Waals surface area contributed by atoms with E-state index in [2.05, 4.69) is 9.55 Å². The number of fused-ring (bicyclic) bond motifs is 1. The maximum Gasteiger partial charge on any atom is 0.243 e. The Morgan fingerprint density at radius 1 is 1.22 bits per heavy atom. The first-order valence-electron chi connectivity index (χ1n) is 9.62. The highest BCUT2D eigenvalue weighted by molar-refractivity contribution is 8.00. The van der Waals surface area contributed by atoms with E-state index in [0.29, 0.717) is 30.8 Å². The Hall–Kier alpha value is -1.38. The average molecular weight is 410 g/mol. The van der Waals surface area contributed by atoms with Gasteiger partial charge in [-0.05, 0) is 38.0 Å². The van der Waals surface area contributed by atoms with Crippen LogP contribution in [-0.2, 0) is 21.4 Å². The predicted octanol–water partition coefficient (Wildman–Crippen LogP) is 3.69. The molecule has 0 spiro atoms. The molecule has 0 radical (unpaired) electrons. The van der Waals surface area contributed by atoms with Crippen molar-refractivity contribution in [1.82, 2.24) is 13.9 Å². The molecule has 2 aromatic rings. The van der Waals surface area contributed by atoms with Gasteiger partial charge in [-0.1, -0.05) is 32.0 Å². The third-order valence-corrected chi connectivity index (χ3v) is 8.44. The van der Waals surface area contributed by atoms with Crippen molar-refractivity contribution in [3.8, 4) is 0 Å². The van der Waals surface area contributed by atoms with Crippen LogP contribution in [0.3, 0.4) is 0 Å². The van der Waals surface area contributed by atoms with Crippen molar-refractivity contribution < 1.29 is 13.2 Å². The summed E-state index contributed by atoms with van der Waals surface area (Å²) in [7, 11) is -3.52. The molecule has 0 N–H and O–H groups in total. The first-order valence-corrected chi connectivity index (χ1v) is 11.9. The Morgan fingerprint density at radius 2 is 1.96 bits per heavy atom. The third-order valence-electron chi connectivity index (χ3n) is 5.09. The minimum Gasteiger partial charge on any atom is -0.319 e. The van der Waals surface area contributed by atoms with E-state index >= 15 is 0 Å². The van der Waals surface area contributed by atoms with Crippen LogP contribution in [0.1, 0.15) is 46.5 Å². The molecule has 1 aromatic heterocycles. The molecule has 8 heteroatoms. The maximum atomic E-state index is 12.8. The number of sulfonamides is 1. The van der Waals surface area contributed by atoms with Crippen molar-refractivity contribution in [2.45, 2.75) is 68.3 Å². The molecule has 27 heavy (non-hydrogen) atoms. The monoisotopic (exact) mass is 409 g/mol. The average Bonchev–Trinajstić information content (AvgIpc) is 3.00. The van der Waals surface area contributed by atoms with Gasteiger partial charge in [0.05, 0.1) is 21.2 Å². The van der Waals surface area contributed by atoms with Crippen LogP contribution in [0.4, 0.5) is 0 Å². The molecule has 0 aliphatic heterocycles. The SMILES string of the molecule is CCN(CC)S(=O)(=O)c1ccc2c(c1)nc(S[C@@H]1CCCCC1=O)n2CC. The normalized spacial score (nSPS) is 18.5. The maximum absolute atomic E-state index is 12.8. The summed E-state index contributed by atoms with van der Waals surface area (Å²) in [5.74, 6) is 0.297. The van der Waals surface area contributed by atoms with E-state index in [4.69, 9.17) is 0 Å². The van der Waals surface area contributed by atoms with Crippen molar-refractivity contribution in [2.24, 2.45) is 0 Å². The van der Waals surface area contributed by atoms with Gasteiger partial charge in [0.25, 0.3) is 0 Å². The summed E-state index contributed by atoms with van der Waals surface area (Å²) in [4.78, 5) is 17.2. The van der Waals surface area contributed by atoms with Crippen LogP contribution < -0.4 is 0 Å². The summed E-state index contributed by atoms with van der Waals surface area (Å²) in [5.41, 5.74) is 1.57. The Bertz CT molecular complexity index is 933. The fourth-order valence-corrected chi connectivity index (χ4v) is 6.33. The van der Waals surface area contributed by atoms with Crippen LogP contribution in [0.15, 0.2) is 28.3 Å². The second-order valence-electron chi connectivity index (χ2n) is 6.70. The fraction of sp³-hybridized carbons (Fsp3) is 0.579. The topological polar surface area (TPSA) is 72.3 Å². The van der Waals surface area contributed by atoms with Gasteiger partial charge in [0.1, 0.15) is 5.78 Å². The van der Waals surface area contributed by atoms with Crippen molar-refractivity contribution in [3.05, 3.63) is 18.2 Å². The molecule has 3 rings (SSSR count). The van der Waals surface area contributed by atoms with Gasteiger partial charge in [-0.25, -0.2) is 13.4 Å². The number of ketones is 1. The Labute approximate surface area is 165 Å². The fourth-order valence-electron chi connectivity index (χ4n) is 3.56. The highest BCUT2D eigenvalue weighted by atomic mass is 32.2. The Morgan fingerprint density at radius 3 is 2.59 bits per heavy atom. The lowest BCUT2D eigenvalue weighted by atomic mass is 9.99. The zero-order chi connectivity index (χ0) is 19.6. The zero-order valence-corrected chi connectivity index (χ0v) is 17.8. The van der Waals surface area contributed by atoms with E-state index in [0.717, 1.165) is 36.5 Å². The van der Waals surface area contributed by atoms with Gasteiger partial charge in [-0.15, -0.1) is 0 Å². The van der Waals surface area contributed by atoms with E-state index < -0.39 is 10.0 Å². The standard InChI is InChI=1S/C19H27N3O3S2/c1-4-21(5-2)27(24,25)14-11-12-16-15(13-14)20-19(22(16)6-3)26-18-10-8-7-9-17(18)23/h11-13,18H,4-10H2,1-3H3/t18-/m1/s1. The summed E-state index contributed by atoms with van der Waals surface area (Å²) in [6.45, 7) is 7.30. The van der Waals surface area contributed by atoms with Crippen LogP contribution >= 0.6 is 11.8 Å². The van der Waals surface area contributed by atoms with Crippen LogP contribution in [0.5, 0.6) is 0 Å². The summed E-state index contributed by atoms with van der Waals surface area (Å²) < 4.78 is 29.1. The zero-order valence-electron chi connectivity index (χ0n) is 16.1. The lowest BCUT2D eigenvalue weighted by molar-refractivity contribution is -0.119. The van der Waals surface area contributed by atoms with Crippen LogP contribution in [-0.4, -0.2) is 46.4 Å². The minimum absolute atomic E-state index is 0.0419. The number of nitrogens with zero attached hydrogens (tertiary/aromatic N) is 3. The molecule has 1 fully saturated rings. The lowest BCUT2D eigenvalue weighted by Crippen LogP contribution is -2.30. The third kappa shape index (κ3) is 3.93. The number of hydrogen-bond donors (Lipinski definition) is 0. The first kappa shape index (κ1) is 20.4. The number of Topliss-reactive ketones (excluding diaryl/α,β-unsaturated/α-hetero) is 1. The number of aromatic nitrogens is 2. The predicted molar refractivity (Wildman–Crippen MR) is 109 cm³/mol. The molecule has 148 valence electrons. The van der Waals surface area contributed by atoms with E-state index in [1.54, 1.807) is 12.1 Å². The van der Waals surface area contributed by atoms with Crippen LogP contribution in [0.25, 0.3) is 11.0 Å². The molecule has 1 aliphatic rings. The van der Waals surface area contributed by atoms with Gasteiger partial charge in [0.2, 0.25) is 10.0 Å². The number of imidazole rings is 1. The molecule has 6 nitrogen and oxygen atoms in total. The second-order valence-corrected chi connectivity index (χ2v) is 9.80. The first-order chi connectivity index (χ1) is 12.9.